The van der Waals surface area contributed by atoms with Crippen molar-refractivity contribution in [1.29, 1.82) is 0 Å². The Hall–Kier alpha value is -2.96. The smallest absolute Gasteiger partial charge is 0.255 e. The van der Waals surface area contributed by atoms with Crippen molar-refractivity contribution in [1.82, 2.24) is 4.72 Å². The molecule has 3 rings (SSSR count). The lowest BCUT2D eigenvalue weighted by Crippen LogP contribution is -2.26. The maximum absolute atomic E-state index is 12.4. The lowest BCUT2D eigenvalue weighted by Gasteiger charge is -2.10. The Kier molecular flexibility index (Phi) is 6.23. The first kappa shape index (κ1) is 19.8. The number of para-hydroxylation sites is 1. The van der Waals surface area contributed by atoms with Gasteiger partial charge in [0.15, 0.2) is 0 Å². The minimum absolute atomic E-state index is 0.132. The standard InChI is InChI=1S/C22H22N2O3S/c1-17-7-5-6-10-21(17)24-22(25)19-11-13-20(14-12-19)28(26,27)23-16-15-18-8-3-2-4-9-18/h2-14,23H,15-16H2,1H3,(H,24,25). The first-order chi connectivity index (χ1) is 13.5. The molecule has 0 aromatic heterocycles. The molecule has 2 N–H and O–H groups in total. The molecule has 28 heavy (non-hydrogen) atoms. The fraction of sp³-hybridized carbons (Fsp3) is 0.136. The summed E-state index contributed by atoms with van der Waals surface area (Å²) in [5, 5.41) is 2.83. The maximum Gasteiger partial charge on any atom is 0.255 e. The van der Waals surface area contributed by atoms with Gasteiger partial charge in [-0.05, 0) is 54.8 Å². The van der Waals surface area contributed by atoms with Crippen LogP contribution in [0.25, 0.3) is 0 Å². The molecule has 5 nitrogen and oxygen atoms in total. The average Bonchev–Trinajstić information content (AvgIpc) is 2.70. The van der Waals surface area contributed by atoms with Crippen molar-refractivity contribution in [3.8, 4) is 0 Å². The number of hydrogen-bond acceptors (Lipinski definition) is 3. The first-order valence-corrected chi connectivity index (χ1v) is 10.4. The van der Waals surface area contributed by atoms with Crippen molar-refractivity contribution in [2.24, 2.45) is 0 Å². The molecule has 3 aromatic rings. The number of benzene rings is 3. The summed E-state index contributed by atoms with van der Waals surface area (Å²) in [4.78, 5) is 12.5. The fourth-order valence-electron chi connectivity index (χ4n) is 2.75. The molecule has 0 aliphatic carbocycles. The summed E-state index contributed by atoms with van der Waals surface area (Å²) in [6, 6.07) is 23.1. The van der Waals surface area contributed by atoms with Crippen LogP contribution < -0.4 is 10.0 Å². The van der Waals surface area contributed by atoms with E-state index in [9.17, 15) is 13.2 Å². The van der Waals surface area contributed by atoms with Crippen LogP contribution in [0.5, 0.6) is 0 Å². The molecule has 0 heterocycles. The highest BCUT2D eigenvalue weighted by Gasteiger charge is 2.15. The highest BCUT2D eigenvalue weighted by molar-refractivity contribution is 7.89. The van der Waals surface area contributed by atoms with Gasteiger partial charge in [0.2, 0.25) is 10.0 Å². The van der Waals surface area contributed by atoms with Gasteiger partial charge >= 0.3 is 0 Å². The molecule has 0 bridgehead atoms. The second kappa shape index (κ2) is 8.82. The van der Waals surface area contributed by atoms with Gasteiger partial charge < -0.3 is 5.32 Å². The van der Waals surface area contributed by atoms with Crippen LogP contribution in [0.1, 0.15) is 21.5 Å². The van der Waals surface area contributed by atoms with Crippen LogP contribution in [0, 0.1) is 6.92 Å². The Bertz CT molecular complexity index is 1050. The fourth-order valence-corrected chi connectivity index (χ4v) is 3.78. The van der Waals surface area contributed by atoms with E-state index in [-0.39, 0.29) is 10.8 Å². The van der Waals surface area contributed by atoms with E-state index in [0.717, 1.165) is 16.8 Å². The van der Waals surface area contributed by atoms with Gasteiger partial charge in [0.05, 0.1) is 4.90 Å². The van der Waals surface area contributed by atoms with Crippen LogP contribution in [-0.2, 0) is 16.4 Å². The molecule has 1 amide bonds. The number of amides is 1. The van der Waals surface area contributed by atoms with Crippen LogP contribution in [-0.4, -0.2) is 20.9 Å². The van der Waals surface area contributed by atoms with Crippen molar-refractivity contribution >= 4 is 21.6 Å². The van der Waals surface area contributed by atoms with E-state index in [1.54, 1.807) is 0 Å². The maximum atomic E-state index is 12.4. The number of carbonyl (C=O) groups excluding carboxylic acids is 1. The van der Waals surface area contributed by atoms with Gasteiger partial charge in [-0.3, -0.25) is 4.79 Å². The second-order valence-electron chi connectivity index (χ2n) is 6.43. The second-order valence-corrected chi connectivity index (χ2v) is 8.19. The zero-order valence-electron chi connectivity index (χ0n) is 15.6. The molecule has 144 valence electrons. The predicted molar refractivity (Wildman–Crippen MR) is 111 cm³/mol. The van der Waals surface area contributed by atoms with Crippen LogP contribution in [0.3, 0.4) is 0 Å². The molecule has 0 saturated heterocycles. The highest BCUT2D eigenvalue weighted by Crippen LogP contribution is 2.16. The molecule has 0 atom stereocenters. The number of anilines is 1. The monoisotopic (exact) mass is 394 g/mol. The predicted octanol–water partition coefficient (Wildman–Crippen LogP) is 3.77. The summed E-state index contributed by atoms with van der Waals surface area (Å²) < 4.78 is 27.4. The SMILES string of the molecule is Cc1ccccc1NC(=O)c1ccc(S(=O)(=O)NCCc2ccccc2)cc1. The third-order valence-electron chi connectivity index (χ3n) is 4.37. The number of rotatable bonds is 7. The van der Waals surface area contributed by atoms with E-state index in [4.69, 9.17) is 0 Å². The molecule has 3 aromatic carbocycles. The molecule has 0 fully saturated rings. The Morgan fingerprint density at radius 3 is 2.18 bits per heavy atom. The zero-order valence-corrected chi connectivity index (χ0v) is 16.4. The van der Waals surface area contributed by atoms with E-state index in [2.05, 4.69) is 10.0 Å². The summed E-state index contributed by atoms with van der Waals surface area (Å²) in [5.41, 5.74) is 3.14. The molecule has 0 aliphatic rings. The van der Waals surface area contributed by atoms with Gasteiger partial charge in [-0.15, -0.1) is 0 Å². The van der Waals surface area contributed by atoms with Gasteiger partial charge in [-0.1, -0.05) is 48.5 Å². The summed E-state index contributed by atoms with van der Waals surface area (Å²) in [6.45, 7) is 2.22. The van der Waals surface area contributed by atoms with E-state index in [1.807, 2.05) is 61.5 Å². The van der Waals surface area contributed by atoms with Crippen molar-refractivity contribution in [3.63, 3.8) is 0 Å². The lowest BCUT2D eigenvalue weighted by molar-refractivity contribution is 0.102. The number of carbonyl (C=O) groups is 1. The summed E-state index contributed by atoms with van der Waals surface area (Å²) in [6.07, 6.45) is 0.608. The van der Waals surface area contributed by atoms with E-state index in [0.29, 0.717) is 18.5 Å². The minimum Gasteiger partial charge on any atom is -0.322 e. The van der Waals surface area contributed by atoms with Gasteiger partial charge in [0.1, 0.15) is 0 Å². The van der Waals surface area contributed by atoms with Crippen molar-refractivity contribution < 1.29 is 13.2 Å². The number of sulfonamides is 1. The van der Waals surface area contributed by atoms with E-state index < -0.39 is 10.0 Å². The van der Waals surface area contributed by atoms with Crippen LogP contribution >= 0.6 is 0 Å². The molecule has 6 heteroatoms. The molecule has 0 spiro atoms. The van der Waals surface area contributed by atoms with Crippen molar-refractivity contribution in [2.45, 2.75) is 18.2 Å². The van der Waals surface area contributed by atoms with Crippen LogP contribution in [0.4, 0.5) is 5.69 Å². The Labute approximate surface area is 165 Å². The summed E-state index contributed by atoms with van der Waals surface area (Å²) >= 11 is 0. The molecular formula is C22H22N2O3S. The molecule has 0 unspecified atom stereocenters. The van der Waals surface area contributed by atoms with Gasteiger partial charge in [0, 0.05) is 17.8 Å². The highest BCUT2D eigenvalue weighted by atomic mass is 32.2. The Morgan fingerprint density at radius 2 is 1.50 bits per heavy atom. The van der Waals surface area contributed by atoms with Gasteiger partial charge in [-0.25, -0.2) is 13.1 Å². The van der Waals surface area contributed by atoms with E-state index in [1.165, 1.54) is 24.3 Å². The number of nitrogens with one attached hydrogen (secondary N) is 2. The number of hydrogen-bond donors (Lipinski definition) is 2. The van der Waals surface area contributed by atoms with Crippen LogP contribution in [0.2, 0.25) is 0 Å². The largest absolute Gasteiger partial charge is 0.322 e. The first-order valence-electron chi connectivity index (χ1n) is 8.96. The third-order valence-corrected chi connectivity index (χ3v) is 5.85. The van der Waals surface area contributed by atoms with Crippen molar-refractivity contribution in [2.75, 3.05) is 11.9 Å². The topological polar surface area (TPSA) is 75.3 Å². The van der Waals surface area contributed by atoms with Crippen molar-refractivity contribution in [3.05, 3.63) is 95.6 Å². The summed E-state index contributed by atoms with van der Waals surface area (Å²) in [7, 11) is -3.62. The van der Waals surface area contributed by atoms with E-state index >= 15 is 0 Å². The number of aryl methyl sites for hydroxylation is 1. The average molecular weight is 394 g/mol. The summed E-state index contributed by atoms with van der Waals surface area (Å²) in [5.74, 6) is -0.282. The lowest BCUT2D eigenvalue weighted by atomic mass is 10.1. The molecular weight excluding hydrogens is 372 g/mol. The Morgan fingerprint density at radius 1 is 0.857 bits per heavy atom. The quantitative estimate of drug-likeness (QED) is 0.641. The normalized spacial score (nSPS) is 11.2. The molecule has 0 aliphatic heterocycles. The third kappa shape index (κ3) is 5.06. The molecule has 0 radical (unpaired) electrons. The zero-order chi connectivity index (χ0) is 20.0. The minimum atomic E-state index is -3.62. The van der Waals surface area contributed by atoms with Crippen LogP contribution in [0.15, 0.2) is 83.8 Å². The Balaban J connectivity index is 1.62. The molecule has 0 saturated carbocycles. The van der Waals surface area contributed by atoms with Gasteiger partial charge in [0.25, 0.3) is 5.91 Å². The van der Waals surface area contributed by atoms with Gasteiger partial charge in [-0.2, -0.15) is 0 Å².